The van der Waals surface area contributed by atoms with Crippen LogP contribution in [0.1, 0.15) is 27.2 Å². The number of nitrogens with zero attached hydrogens (tertiary/aromatic N) is 1. The van der Waals surface area contributed by atoms with Gasteiger partial charge in [-0.15, -0.1) is 0 Å². The molecule has 1 aliphatic rings. The summed E-state index contributed by atoms with van der Waals surface area (Å²) in [5.41, 5.74) is -0.196. The highest BCUT2D eigenvalue weighted by molar-refractivity contribution is 5.74. The van der Waals surface area contributed by atoms with Gasteiger partial charge in [0.1, 0.15) is 12.8 Å². The molecule has 0 unspecified atom stereocenters. The molecule has 0 aromatic heterocycles. The van der Waals surface area contributed by atoms with Crippen LogP contribution in [0.4, 0.5) is 0 Å². The topological polar surface area (TPSA) is 49.8 Å². The zero-order chi connectivity index (χ0) is 10.1. The SMILES string of the molecule is CC(C)(C)OCN1CC[C@@H]1C(=O)O. The molecule has 4 nitrogen and oxygen atoms in total. The first-order valence-electron chi connectivity index (χ1n) is 4.51. The largest absolute Gasteiger partial charge is 0.480 e. The van der Waals surface area contributed by atoms with Gasteiger partial charge in [0.05, 0.1) is 5.60 Å². The summed E-state index contributed by atoms with van der Waals surface area (Å²) in [5.74, 6) is -0.747. The van der Waals surface area contributed by atoms with E-state index in [-0.39, 0.29) is 11.6 Å². The van der Waals surface area contributed by atoms with Gasteiger partial charge >= 0.3 is 5.97 Å². The van der Waals surface area contributed by atoms with Crippen molar-refractivity contribution in [3.8, 4) is 0 Å². The van der Waals surface area contributed by atoms with Crippen molar-refractivity contribution in [3.05, 3.63) is 0 Å². The van der Waals surface area contributed by atoms with Gasteiger partial charge in [-0.2, -0.15) is 0 Å². The Bertz CT molecular complexity index is 198. The molecule has 1 fully saturated rings. The lowest BCUT2D eigenvalue weighted by atomic mass is 10.1. The average Bonchev–Trinajstić information content (AvgIpc) is 1.79. The molecule has 76 valence electrons. The van der Waals surface area contributed by atoms with E-state index in [1.807, 2.05) is 25.7 Å². The number of ether oxygens (including phenoxy) is 1. The van der Waals surface area contributed by atoms with Crippen molar-refractivity contribution < 1.29 is 14.6 Å². The molecular weight excluding hydrogens is 170 g/mol. The molecule has 0 spiro atoms. The molecule has 1 N–H and O–H groups in total. The van der Waals surface area contributed by atoms with Gasteiger partial charge in [-0.25, -0.2) is 0 Å². The zero-order valence-corrected chi connectivity index (χ0v) is 8.41. The van der Waals surface area contributed by atoms with Crippen LogP contribution in [0.3, 0.4) is 0 Å². The van der Waals surface area contributed by atoms with Gasteiger partial charge in [0.15, 0.2) is 0 Å². The maximum Gasteiger partial charge on any atom is 0.321 e. The number of rotatable bonds is 3. The fourth-order valence-electron chi connectivity index (χ4n) is 1.15. The van der Waals surface area contributed by atoms with Gasteiger partial charge in [0.25, 0.3) is 0 Å². The predicted molar refractivity (Wildman–Crippen MR) is 48.5 cm³/mol. The van der Waals surface area contributed by atoms with E-state index < -0.39 is 5.97 Å². The summed E-state index contributed by atoms with van der Waals surface area (Å²) in [7, 11) is 0. The van der Waals surface area contributed by atoms with E-state index >= 15 is 0 Å². The fourth-order valence-corrected chi connectivity index (χ4v) is 1.15. The Kier molecular flexibility index (Phi) is 2.93. The summed E-state index contributed by atoms with van der Waals surface area (Å²) in [5, 5.41) is 8.74. The number of aliphatic carboxylic acids is 1. The third-order valence-corrected chi connectivity index (χ3v) is 2.08. The molecular formula is C9H17NO3. The highest BCUT2D eigenvalue weighted by Crippen LogP contribution is 2.18. The van der Waals surface area contributed by atoms with Crippen molar-refractivity contribution in [3.63, 3.8) is 0 Å². The first-order chi connectivity index (χ1) is 5.90. The molecule has 0 aromatic rings. The van der Waals surface area contributed by atoms with Crippen molar-refractivity contribution in [2.24, 2.45) is 0 Å². The third kappa shape index (κ3) is 2.97. The van der Waals surface area contributed by atoms with Gasteiger partial charge < -0.3 is 9.84 Å². The zero-order valence-electron chi connectivity index (χ0n) is 8.41. The van der Waals surface area contributed by atoms with E-state index in [0.717, 1.165) is 13.0 Å². The molecule has 0 amide bonds. The lowest BCUT2D eigenvalue weighted by Crippen LogP contribution is -2.53. The van der Waals surface area contributed by atoms with Gasteiger partial charge in [-0.3, -0.25) is 9.69 Å². The second-order valence-corrected chi connectivity index (χ2v) is 4.34. The van der Waals surface area contributed by atoms with Crippen LogP contribution in [-0.4, -0.2) is 40.9 Å². The summed E-state index contributed by atoms with van der Waals surface area (Å²) in [6.07, 6.45) is 0.739. The lowest BCUT2D eigenvalue weighted by Gasteiger charge is -2.39. The van der Waals surface area contributed by atoms with Crippen LogP contribution in [0.25, 0.3) is 0 Å². The second kappa shape index (κ2) is 3.64. The Labute approximate surface area is 78.5 Å². The highest BCUT2D eigenvalue weighted by Gasteiger charge is 2.34. The Morgan fingerprint density at radius 3 is 2.54 bits per heavy atom. The highest BCUT2D eigenvalue weighted by atomic mass is 16.5. The minimum absolute atomic E-state index is 0.196. The van der Waals surface area contributed by atoms with Crippen LogP contribution in [0.15, 0.2) is 0 Å². The lowest BCUT2D eigenvalue weighted by molar-refractivity contribution is -0.158. The normalized spacial score (nSPS) is 24.1. The predicted octanol–water partition coefficient (Wildman–Crippen LogP) is 0.918. The molecule has 1 rings (SSSR count). The van der Waals surface area contributed by atoms with Crippen LogP contribution in [0.5, 0.6) is 0 Å². The van der Waals surface area contributed by atoms with Crippen molar-refractivity contribution in [1.82, 2.24) is 4.90 Å². The number of carbonyl (C=O) groups is 1. The molecule has 4 heteroatoms. The van der Waals surface area contributed by atoms with Gasteiger partial charge in [-0.1, -0.05) is 0 Å². The van der Waals surface area contributed by atoms with E-state index in [2.05, 4.69) is 0 Å². The van der Waals surface area contributed by atoms with Crippen LogP contribution in [0, 0.1) is 0 Å². The van der Waals surface area contributed by atoms with Crippen molar-refractivity contribution >= 4 is 5.97 Å². The Balaban J connectivity index is 2.27. The Hall–Kier alpha value is -0.610. The molecule has 1 saturated heterocycles. The molecule has 0 radical (unpaired) electrons. The summed E-state index contributed by atoms with van der Waals surface area (Å²) < 4.78 is 5.48. The second-order valence-electron chi connectivity index (χ2n) is 4.34. The minimum Gasteiger partial charge on any atom is -0.480 e. The van der Waals surface area contributed by atoms with Gasteiger partial charge in [-0.05, 0) is 27.2 Å². The summed E-state index contributed by atoms with van der Waals surface area (Å²) in [6, 6.07) is -0.331. The van der Waals surface area contributed by atoms with Crippen molar-refractivity contribution in [2.45, 2.75) is 38.8 Å². The van der Waals surface area contributed by atoms with E-state index in [1.165, 1.54) is 0 Å². The summed E-state index contributed by atoms with van der Waals surface area (Å²) in [6.45, 7) is 7.13. The average molecular weight is 187 g/mol. The molecule has 13 heavy (non-hydrogen) atoms. The third-order valence-electron chi connectivity index (χ3n) is 2.08. The Morgan fingerprint density at radius 1 is 1.62 bits per heavy atom. The standard InChI is InChI=1S/C9H17NO3/c1-9(2,3)13-6-10-5-4-7(10)8(11)12/h7H,4-6H2,1-3H3,(H,11,12)/t7-/m1/s1. The molecule has 0 aromatic carbocycles. The molecule has 0 aliphatic carbocycles. The maximum absolute atomic E-state index is 10.6. The van der Waals surface area contributed by atoms with Gasteiger partial charge in [0.2, 0.25) is 0 Å². The quantitative estimate of drug-likeness (QED) is 0.713. The molecule has 1 atom stereocenters. The van der Waals surface area contributed by atoms with E-state index in [1.54, 1.807) is 0 Å². The molecule has 0 bridgehead atoms. The summed E-state index contributed by atoms with van der Waals surface area (Å²) in [4.78, 5) is 12.4. The van der Waals surface area contributed by atoms with Crippen LogP contribution in [0.2, 0.25) is 0 Å². The number of carboxylic acids is 1. The Morgan fingerprint density at radius 2 is 2.23 bits per heavy atom. The monoisotopic (exact) mass is 187 g/mol. The minimum atomic E-state index is -0.747. The molecule has 1 aliphatic heterocycles. The van der Waals surface area contributed by atoms with Gasteiger partial charge in [0, 0.05) is 6.54 Å². The first-order valence-corrected chi connectivity index (χ1v) is 4.51. The number of hydrogen-bond acceptors (Lipinski definition) is 3. The number of likely N-dealkylation sites (tertiary alicyclic amines) is 1. The van der Waals surface area contributed by atoms with E-state index in [0.29, 0.717) is 6.73 Å². The van der Waals surface area contributed by atoms with Crippen molar-refractivity contribution in [2.75, 3.05) is 13.3 Å². The molecule has 0 saturated carbocycles. The van der Waals surface area contributed by atoms with E-state index in [4.69, 9.17) is 9.84 Å². The number of carboxylic acid groups (broad SMARTS) is 1. The summed E-state index contributed by atoms with van der Waals surface area (Å²) >= 11 is 0. The first kappa shape index (κ1) is 10.5. The van der Waals surface area contributed by atoms with Crippen LogP contribution in [-0.2, 0) is 9.53 Å². The van der Waals surface area contributed by atoms with Crippen LogP contribution >= 0.6 is 0 Å². The number of hydrogen-bond donors (Lipinski definition) is 1. The van der Waals surface area contributed by atoms with E-state index in [9.17, 15) is 4.79 Å². The smallest absolute Gasteiger partial charge is 0.321 e. The molecule has 1 heterocycles. The fraction of sp³-hybridized carbons (Fsp3) is 0.889. The van der Waals surface area contributed by atoms with Crippen molar-refractivity contribution in [1.29, 1.82) is 0 Å². The van der Waals surface area contributed by atoms with Crippen LogP contribution < -0.4 is 0 Å². The maximum atomic E-state index is 10.6.